The van der Waals surface area contributed by atoms with Crippen LogP contribution in [0.2, 0.25) is 4.48 Å². The van der Waals surface area contributed by atoms with Gasteiger partial charge in [-0.3, -0.25) is 0 Å². The van der Waals surface area contributed by atoms with Crippen molar-refractivity contribution in [2.75, 3.05) is 9.80 Å². The number of rotatable bonds is 3. The molecule has 0 bridgehead atoms. The van der Waals surface area contributed by atoms with Gasteiger partial charge in [-0.15, -0.1) is 0 Å². The Labute approximate surface area is 159 Å². The summed E-state index contributed by atoms with van der Waals surface area (Å²) in [4.78, 5) is 4.07. The van der Waals surface area contributed by atoms with Crippen molar-refractivity contribution in [3.8, 4) is 11.5 Å². The second-order valence-electron chi connectivity index (χ2n) is 5.75. The molecule has 0 amide bonds. The van der Waals surface area contributed by atoms with E-state index in [-0.39, 0.29) is 23.6 Å². The molecule has 2 aromatic carbocycles. The first-order chi connectivity index (χ1) is 11.6. The number of phenols is 2. The third-order valence-corrected chi connectivity index (χ3v) is 3.87. The summed E-state index contributed by atoms with van der Waals surface area (Å²) in [6.45, 7) is 4.25. The fraction of sp³-hybridized carbons (Fsp3) is 0.263. The van der Waals surface area contributed by atoms with E-state index in [1.54, 1.807) is 12.1 Å². The van der Waals surface area contributed by atoms with E-state index in [9.17, 15) is 10.2 Å². The fourth-order valence-electron chi connectivity index (χ4n) is 2.91. The first kappa shape index (κ1) is 18.6. The molecule has 24 heavy (non-hydrogen) atoms. The van der Waals surface area contributed by atoms with Gasteiger partial charge in [0.25, 0.3) is 0 Å². The van der Waals surface area contributed by atoms with Crippen molar-refractivity contribution in [1.29, 1.82) is 0 Å². The van der Waals surface area contributed by atoms with E-state index >= 15 is 0 Å². The maximum absolute atomic E-state index is 10.1. The fourth-order valence-corrected chi connectivity index (χ4v) is 2.91. The molecule has 0 saturated carbocycles. The predicted octanol–water partition coefficient (Wildman–Crippen LogP) is 4.08. The van der Waals surface area contributed by atoms with Crippen LogP contribution in [0.25, 0.3) is 0 Å². The molecule has 0 spiro atoms. The molecule has 2 aromatic rings. The molecule has 0 saturated heterocycles. The summed E-state index contributed by atoms with van der Waals surface area (Å²) >= 11 is 1.17. The van der Waals surface area contributed by atoms with Crippen LogP contribution in [0.15, 0.2) is 60.9 Å². The maximum atomic E-state index is 10.1. The zero-order valence-electron chi connectivity index (χ0n) is 14.3. The molecule has 5 heteroatoms. The van der Waals surface area contributed by atoms with Gasteiger partial charge in [-0.05, 0) is 30.2 Å². The first-order valence-electron chi connectivity index (χ1n) is 7.98. The van der Waals surface area contributed by atoms with Crippen molar-refractivity contribution in [3.05, 3.63) is 60.9 Å². The van der Waals surface area contributed by atoms with Crippen LogP contribution < -0.4 is 9.80 Å². The molecular formula is C19H23N2O2Tl. The summed E-state index contributed by atoms with van der Waals surface area (Å²) in [5, 5.41) is 20.3. The van der Waals surface area contributed by atoms with Crippen molar-refractivity contribution in [3.63, 3.8) is 0 Å². The average Bonchev–Trinajstić information content (AvgIpc) is 3.02. The molecule has 1 aliphatic rings. The van der Waals surface area contributed by atoms with Gasteiger partial charge in [-0.1, -0.05) is 38.1 Å². The van der Waals surface area contributed by atoms with Gasteiger partial charge >= 0.3 is 30.3 Å². The van der Waals surface area contributed by atoms with Gasteiger partial charge < -0.3 is 20.0 Å². The molecule has 3 rings (SSSR count). The topological polar surface area (TPSA) is 46.9 Å². The Morgan fingerprint density at radius 3 is 1.50 bits per heavy atom. The minimum atomic E-state index is -0.0124. The van der Waals surface area contributed by atoms with Crippen molar-refractivity contribution in [2.24, 2.45) is 5.92 Å². The van der Waals surface area contributed by atoms with Crippen LogP contribution in [0.1, 0.15) is 13.8 Å². The van der Waals surface area contributed by atoms with E-state index in [2.05, 4.69) is 18.3 Å². The SMILES string of the molecule is CC(C)C1N(c2ccccc2O)C=CN1c1ccccc1O.[CH3][Tl]. The molecule has 4 nitrogen and oxygen atoms in total. The van der Waals surface area contributed by atoms with Gasteiger partial charge in [0, 0.05) is 12.4 Å². The molecule has 1 aliphatic heterocycles. The van der Waals surface area contributed by atoms with Crippen molar-refractivity contribution < 1.29 is 10.2 Å². The zero-order chi connectivity index (χ0) is 17.7. The normalized spacial score (nSPS) is 14.0. The monoisotopic (exact) mass is 516 g/mol. The molecule has 0 radical (unpaired) electrons. The standard InChI is InChI=1S/C18H20N2O2.CH3.Tl/c1-13(2)18-19(14-7-3-5-9-16(14)21)11-12-20(18)15-8-4-6-10-17(15)22;;/h3-13,18,21-22H,1-2H3;1H3;. The summed E-state index contributed by atoms with van der Waals surface area (Å²) < 4.78 is 2.17. The van der Waals surface area contributed by atoms with Crippen molar-refractivity contribution in [2.45, 2.75) is 24.5 Å². The molecule has 0 aliphatic carbocycles. The number of benzene rings is 2. The number of hydrogen-bond acceptors (Lipinski definition) is 4. The van der Waals surface area contributed by atoms with E-state index in [4.69, 9.17) is 0 Å². The van der Waals surface area contributed by atoms with Crippen LogP contribution in [0, 0.1) is 5.92 Å². The van der Waals surface area contributed by atoms with Gasteiger partial charge in [0.1, 0.15) is 17.7 Å². The van der Waals surface area contributed by atoms with E-state index in [0.717, 1.165) is 11.4 Å². The van der Waals surface area contributed by atoms with Gasteiger partial charge in [-0.2, -0.15) is 0 Å². The van der Waals surface area contributed by atoms with E-state index < -0.39 is 0 Å². The molecule has 2 N–H and O–H groups in total. The Hall–Kier alpha value is -1.70. The number of nitrogens with zero attached hydrogens (tertiary/aromatic N) is 2. The third-order valence-electron chi connectivity index (χ3n) is 3.87. The molecule has 0 unspecified atom stereocenters. The number of para-hydroxylation sites is 4. The molecule has 124 valence electrons. The Morgan fingerprint density at radius 1 is 0.792 bits per heavy atom. The summed E-state index contributed by atoms with van der Waals surface area (Å²) in [6, 6.07) is 14.6. The Bertz CT molecular complexity index is 648. The third kappa shape index (κ3) is 3.69. The van der Waals surface area contributed by atoms with Crippen LogP contribution >= 0.6 is 0 Å². The second-order valence-corrected chi connectivity index (χ2v) is 5.75. The summed E-state index contributed by atoms with van der Waals surface area (Å²) in [5.41, 5.74) is 1.52. The predicted molar refractivity (Wildman–Crippen MR) is 101 cm³/mol. The average molecular weight is 516 g/mol. The quantitative estimate of drug-likeness (QED) is 0.605. The van der Waals surface area contributed by atoms with Crippen LogP contribution in [0.3, 0.4) is 0 Å². The van der Waals surface area contributed by atoms with E-state index in [0.29, 0.717) is 0 Å². The van der Waals surface area contributed by atoms with Crippen LogP contribution in [-0.2, 0) is 0 Å². The number of anilines is 2. The number of phenolic OH excluding ortho intramolecular Hbond substituents is 2. The molecule has 0 aromatic heterocycles. The van der Waals surface area contributed by atoms with Crippen molar-refractivity contribution in [1.82, 2.24) is 0 Å². The Balaban J connectivity index is 0.00000100. The second kappa shape index (κ2) is 8.41. The summed E-state index contributed by atoms with van der Waals surface area (Å²) in [6.07, 6.45) is 3.86. The van der Waals surface area contributed by atoms with Crippen LogP contribution in [-0.4, -0.2) is 42.1 Å². The molecular weight excluding hydrogens is 493 g/mol. The van der Waals surface area contributed by atoms with Crippen LogP contribution in [0.5, 0.6) is 11.5 Å². The summed E-state index contributed by atoms with van der Waals surface area (Å²) in [5.74, 6) is 0.781. The molecule has 0 atom stereocenters. The molecule has 1 heterocycles. The van der Waals surface area contributed by atoms with Gasteiger partial charge in [0.2, 0.25) is 0 Å². The number of aromatic hydroxyl groups is 2. The zero-order valence-corrected chi connectivity index (χ0v) is 18.8. The van der Waals surface area contributed by atoms with Gasteiger partial charge in [0.05, 0.1) is 11.4 Å². The Morgan fingerprint density at radius 2 is 1.17 bits per heavy atom. The summed E-state index contributed by atoms with van der Waals surface area (Å²) in [7, 11) is 0. The van der Waals surface area contributed by atoms with Crippen molar-refractivity contribution >= 4 is 37.1 Å². The minimum absolute atomic E-state index is 0.0124. The van der Waals surface area contributed by atoms with E-state index in [1.807, 2.05) is 58.6 Å². The first-order valence-corrected chi connectivity index (χ1v) is 12.5. The van der Waals surface area contributed by atoms with Gasteiger partial charge in [-0.25, -0.2) is 0 Å². The number of hydrogen-bond donors (Lipinski definition) is 2. The van der Waals surface area contributed by atoms with E-state index in [1.165, 1.54) is 25.8 Å². The molecule has 0 fully saturated rings. The van der Waals surface area contributed by atoms with Crippen LogP contribution in [0.4, 0.5) is 11.4 Å². The Kier molecular flexibility index (Phi) is 6.53. The van der Waals surface area contributed by atoms with Gasteiger partial charge in [0.15, 0.2) is 0 Å².